The van der Waals surface area contributed by atoms with E-state index in [1.807, 2.05) is 12.1 Å². The number of benzene rings is 1. The number of ether oxygens (including phenoxy) is 4. The first-order valence-corrected chi connectivity index (χ1v) is 16.4. The summed E-state index contributed by atoms with van der Waals surface area (Å²) in [6, 6.07) is 4.05. The van der Waals surface area contributed by atoms with Crippen LogP contribution in [0.2, 0.25) is 0 Å². The Morgan fingerprint density at radius 1 is 1.09 bits per heavy atom. The molecule has 1 aliphatic carbocycles. The number of aliphatic hydroxyl groups is 2. The van der Waals surface area contributed by atoms with E-state index in [9.17, 15) is 19.8 Å². The third-order valence-corrected chi connectivity index (χ3v) is 9.76. The smallest absolute Gasteiger partial charge is 0.339 e. The number of methoxy groups -OCH3 is 1. The predicted molar refractivity (Wildman–Crippen MR) is 164 cm³/mol. The topological polar surface area (TPSA) is 127 Å². The Balaban J connectivity index is 1.42. The summed E-state index contributed by atoms with van der Waals surface area (Å²) in [6.45, 7) is 7.91. The number of carbonyl (C=O) groups is 2. The fourth-order valence-electron chi connectivity index (χ4n) is 7.50. The van der Waals surface area contributed by atoms with Gasteiger partial charge in [-0.25, -0.2) is 4.79 Å². The Kier molecular flexibility index (Phi) is 9.82. The van der Waals surface area contributed by atoms with Crippen molar-refractivity contribution in [2.24, 2.45) is 0 Å². The molecular formula is C34H50N2O8. The van der Waals surface area contributed by atoms with Crippen LogP contribution in [0.25, 0.3) is 0 Å². The van der Waals surface area contributed by atoms with E-state index < -0.39 is 41.1 Å². The van der Waals surface area contributed by atoms with Gasteiger partial charge in [-0.1, -0.05) is 26.2 Å². The van der Waals surface area contributed by atoms with Gasteiger partial charge in [-0.3, -0.25) is 9.69 Å². The van der Waals surface area contributed by atoms with E-state index in [4.69, 9.17) is 18.9 Å². The lowest BCUT2D eigenvalue weighted by Gasteiger charge is -2.39. The molecule has 10 nitrogen and oxygen atoms in total. The molecular weight excluding hydrogens is 564 g/mol. The molecule has 5 rings (SSSR count). The number of esters is 1. The van der Waals surface area contributed by atoms with E-state index >= 15 is 0 Å². The zero-order valence-corrected chi connectivity index (χ0v) is 26.8. The molecule has 1 fully saturated rings. The number of fused-ring (bicyclic) bond motifs is 3. The molecule has 1 aromatic rings. The minimum absolute atomic E-state index is 0.0188. The van der Waals surface area contributed by atoms with E-state index in [2.05, 4.69) is 23.2 Å². The molecule has 3 heterocycles. The predicted octanol–water partition coefficient (Wildman–Crippen LogP) is 4.10. The van der Waals surface area contributed by atoms with Gasteiger partial charge in [0.05, 0.1) is 30.6 Å². The van der Waals surface area contributed by atoms with Gasteiger partial charge in [0, 0.05) is 13.1 Å². The standard InChI is InChI=1S/C34H50N2O8/c1-5-6-7-8-15-35-28(37)21-34(40,14-9-12-32(2,3)39)31(38)44-30-27(41-4)20-33-13-10-16-36(33)17-11-23-18-25-26(43-22-42-25)19-24(23)29(30)33/h18-20,29-30,39-40H,5-17,21-22H2,1-4H3,(H,35,37)/t29-,30?,33+,34-/m1/s1. The van der Waals surface area contributed by atoms with Crippen molar-refractivity contribution in [1.29, 1.82) is 0 Å². The lowest BCUT2D eigenvalue weighted by molar-refractivity contribution is -0.176. The van der Waals surface area contributed by atoms with Crippen molar-refractivity contribution in [1.82, 2.24) is 10.2 Å². The number of carbonyl (C=O) groups excluding carboxylic acids is 2. The van der Waals surface area contributed by atoms with Crippen LogP contribution in [0.5, 0.6) is 11.5 Å². The van der Waals surface area contributed by atoms with E-state index in [0.717, 1.165) is 69.2 Å². The maximum absolute atomic E-state index is 14.1. The first-order valence-electron chi connectivity index (χ1n) is 16.4. The Morgan fingerprint density at radius 2 is 1.86 bits per heavy atom. The first-order chi connectivity index (χ1) is 21.0. The van der Waals surface area contributed by atoms with Crippen LogP contribution in [-0.4, -0.2) is 83.4 Å². The summed E-state index contributed by atoms with van der Waals surface area (Å²) in [4.78, 5) is 29.6. The second kappa shape index (κ2) is 13.3. The summed E-state index contributed by atoms with van der Waals surface area (Å²) in [7, 11) is 1.58. The van der Waals surface area contributed by atoms with Crippen LogP contribution in [0.4, 0.5) is 0 Å². The second-order valence-electron chi connectivity index (χ2n) is 13.6. The zero-order valence-electron chi connectivity index (χ0n) is 26.8. The second-order valence-corrected chi connectivity index (χ2v) is 13.6. The van der Waals surface area contributed by atoms with E-state index in [1.165, 1.54) is 0 Å². The van der Waals surface area contributed by atoms with Gasteiger partial charge < -0.3 is 34.5 Å². The van der Waals surface area contributed by atoms with Gasteiger partial charge in [-0.05, 0) is 94.7 Å². The number of hydrogen-bond acceptors (Lipinski definition) is 9. The van der Waals surface area contributed by atoms with E-state index in [0.29, 0.717) is 36.6 Å². The van der Waals surface area contributed by atoms with Crippen LogP contribution < -0.4 is 14.8 Å². The first kappa shape index (κ1) is 32.6. The van der Waals surface area contributed by atoms with Gasteiger partial charge in [0.25, 0.3) is 0 Å². The Labute approximate surface area is 261 Å². The maximum Gasteiger partial charge on any atom is 0.339 e. The van der Waals surface area contributed by atoms with Gasteiger partial charge in [-0.2, -0.15) is 0 Å². The monoisotopic (exact) mass is 614 g/mol. The SMILES string of the molecule is CCCCCCNC(=O)C[C@](O)(CCCC(C)(C)O)C(=O)OC1C(OC)=C[C@]23CCCN2CCc2cc4c(cc2[C@H]13)OCO4. The van der Waals surface area contributed by atoms with Crippen molar-refractivity contribution < 1.29 is 38.7 Å². The molecule has 1 unspecified atom stereocenters. The molecule has 0 saturated carbocycles. The molecule has 44 heavy (non-hydrogen) atoms. The third kappa shape index (κ3) is 6.72. The Bertz CT molecular complexity index is 1240. The minimum atomic E-state index is -2.06. The summed E-state index contributed by atoms with van der Waals surface area (Å²) in [5.41, 5.74) is -1.31. The van der Waals surface area contributed by atoms with Gasteiger partial charge in [0.2, 0.25) is 12.7 Å². The summed E-state index contributed by atoms with van der Waals surface area (Å²) >= 11 is 0. The molecule has 4 atom stereocenters. The van der Waals surface area contributed by atoms with Crippen molar-refractivity contribution in [2.75, 3.05) is 33.5 Å². The molecule has 244 valence electrons. The van der Waals surface area contributed by atoms with Crippen molar-refractivity contribution in [3.05, 3.63) is 35.1 Å². The number of amides is 1. The van der Waals surface area contributed by atoms with Crippen LogP contribution in [0, 0.1) is 0 Å². The number of rotatable bonds is 14. The molecule has 1 amide bonds. The molecule has 0 aromatic heterocycles. The average Bonchev–Trinajstić information content (AvgIpc) is 3.65. The van der Waals surface area contributed by atoms with Crippen molar-refractivity contribution in [3.8, 4) is 11.5 Å². The summed E-state index contributed by atoms with van der Waals surface area (Å²) < 4.78 is 23.6. The number of hydrogen-bond donors (Lipinski definition) is 3. The van der Waals surface area contributed by atoms with Gasteiger partial charge in [-0.15, -0.1) is 0 Å². The number of nitrogens with one attached hydrogen (secondary N) is 1. The third-order valence-electron chi connectivity index (χ3n) is 9.76. The van der Waals surface area contributed by atoms with Crippen LogP contribution in [-0.2, 0) is 25.5 Å². The van der Waals surface area contributed by atoms with Gasteiger partial charge in [0.1, 0.15) is 5.76 Å². The summed E-state index contributed by atoms with van der Waals surface area (Å²) in [5, 5.41) is 25.0. The zero-order chi connectivity index (χ0) is 31.5. The van der Waals surface area contributed by atoms with Crippen LogP contribution in [0.1, 0.15) is 102 Å². The molecule has 0 radical (unpaired) electrons. The van der Waals surface area contributed by atoms with Crippen LogP contribution >= 0.6 is 0 Å². The maximum atomic E-state index is 14.1. The average molecular weight is 615 g/mol. The molecule has 10 heteroatoms. The lowest BCUT2D eigenvalue weighted by Crippen LogP contribution is -2.50. The minimum Gasteiger partial charge on any atom is -0.497 e. The molecule has 3 aliphatic heterocycles. The van der Waals surface area contributed by atoms with E-state index in [-0.39, 0.29) is 19.1 Å². The Morgan fingerprint density at radius 3 is 2.59 bits per heavy atom. The fraction of sp³-hybridized carbons (Fsp3) is 0.706. The normalized spacial score (nSPS) is 25.3. The van der Waals surface area contributed by atoms with Crippen LogP contribution in [0.3, 0.4) is 0 Å². The van der Waals surface area contributed by atoms with Crippen molar-refractivity contribution in [3.63, 3.8) is 0 Å². The Hall–Kier alpha value is -2.82. The highest BCUT2D eigenvalue weighted by atomic mass is 16.7. The summed E-state index contributed by atoms with van der Waals surface area (Å²) in [5.74, 6) is 0.386. The summed E-state index contributed by atoms with van der Waals surface area (Å²) in [6.07, 6.45) is 8.29. The highest BCUT2D eigenvalue weighted by Crippen LogP contribution is 2.55. The molecule has 0 bridgehead atoms. The van der Waals surface area contributed by atoms with E-state index in [1.54, 1.807) is 21.0 Å². The van der Waals surface area contributed by atoms with Crippen LogP contribution in [0.15, 0.2) is 24.0 Å². The largest absolute Gasteiger partial charge is 0.497 e. The molecule has 3 N–H and O–H groups in total. The lowest BCUT2D eigenvalue weighted by atomic mass is 9.77. The quantitative estimate of drug-likeness (QED) is 0.210. The van der Waals surface area contributed by atoms with Gasteiger partial charge >= 0.3 is 5.97 Å². The molecule has 1 saturated heterocycles. The molecule has 1 spiro atoms. The fourth-order valence-corrected chi connectivity index (χ4v) is 7.50. The van der Waals surface area contributed by atoms with Crippen molar-refractivity contribution in [2.45, 2.75) is 120 Å². The number of nitrogens with zero attached hydrogens (tertiary/aromatic N) is 1. The molecule has 4 aliphatic rings. The van der Waals surface area contributed by atoms with Gasteiger partial charge in [0.15, 0.2) is 23.2 Å². The highest BCUT2D eigenvalue weighted by Gasteiger charge is 2.59. The number of unbranched alkanes of at least 4 members (excludes halogenated alkanes) is 3. The highest BCUT2D eigenvalue weighted by molar-refractivity contribution is 5.88. The van der Waals surface area contributed by atoms with Crippen molar-refractivity contribution >= 4 is 11.9 Å². The molecule has 1 aromatic carbocycles.